The Bertz CT molecular complexity index is 866. The number of nitrogens with zero attached hydrogens (tertiary/aromatic N) is 1. The van der Waals surface area contributed by atoms with Gasteiger partial charge in [0.1, 0.15) is 12.1 Å². The molecule has 3 rings (SSSR count). The zero-order chi connectivity index (χ0) is 21.9. The highest BCUT2D eigenvalue weighted by molar-refractivity contribution is 6.08. The fourth-order valence-corrected chi connectivity index (χ4v) is 3.42. The van der Waals surface area contributed by atoms with Crippen molar-refractivity contribution in [2.75, 3.05) is 19.9 Å². The third kappa shape index (κ3) is 4.17. The molecule has 1 aromatic carbocycles. The van der Waals surface area contributed by atoms with Gasteiger partial charge in [-0.05, 0) is 37.5 Å². The topological polar surface area (TPSA) is 123 Å². The first kappa shape index (κ1) is 21.4. The fraction of sp³-hybridized carbons (Fsp3) is 0.500. The van der Waals surface area contributed by atoms with E-state index < -0.39 is 42.5 Å². The standard InChI is InChI=1S/C20H25N3O7/c1-4-20(5-2)18(26)23(19(27)22-20)9-17(25)28-10-16(24)21-12(3)13-6-7-14-15(8-13)30-11-29-14/h6-8,12H,4-5,9-11H2,1-3H3,(H,21,24)(H,22,27)/t12-/m0/s1. The second-order valence-electron chi connectivity index (χ2n) is 7.17. The van der Waals surface area contributed by atoms with Gasteiger partial charge in [-0.3, -0.25) is 19.3 Å². The van der Waals surface area contributed by atoms with Crippen LogP contribution in [0.2, 0.25) is 0 Å². The van der Waals surface area contributed by atoms with Gasteiger partial charge in [0.2, 0.25) is 6.79 Å². The second-order valence-corrected chi connectivity index (χ2v) is 7.17. The molecule has 0 unspecified atom stereocenters. The number of hydrogen-bond donors (Lipinski definition) is 2. The lowest BCUT2D eigenvalue weighted by Gasteiger charge is -2.22. The average Bonchev–Trinajstić information content (AvgIpc) is 3.29. The van der Waals surface area contributed by atoms with Gasteiger partial charge in [-0.2, -0.15) is 0 Å². The minimum Gasteiger partial charge on any atom is -0.454 e. The van der Waals surface area contributed by atoms with Crippen LogP contribution in [0.4, 0.5) is 4.79 Å². The molecule has 1 aromatic rings. The van der Waals surface area contributed by atoms with Crippen molar-refractivity contribution in [1.82, 2.24) is 15.5 Å². The summed E-state index contributed by atoms with van der Waals surface area (Å²) >= 11 is 0. The predicted octanol–water partition coefficient (Wildman–Crippen LogP) is 1.25. The number of carbonyl (C=O) groups is 4. The molecule has 1 atom stereocenters. The Balaban J connectivity index is 1.48. The molecule has 2 aliphatic rings. The lowest BCUT2D eigenvalue weighted by molar-refractivity contribution is -0.151. The summed E-state index contributed by atoms with van der Waals surface area (Å²) in [6, 6.07) is 4.33. The number of nitrogens with one attached hydrogen (secondary N) is 2. The van der Waals surface area contributed by atoms with Crippen LogP contribution >= 0.6 is 0 Å². The zero-order valence-electron chi connectivity index (χ0n) is 17.1. The number of imide groups is 1. The Kier molecular flexibility index (Phi) is 6.14. The van der Waals surface area contributed by atoms with Crippen molar-refractivity contribution in [3.8, 4) is 11.5 Å². The van der Waals surface area contributed by atoms with Crippen molar-refractivity contribution in [2.24, 2.45) is 0 Å². The Morgan fingerprint density at radius 3 is 2.60 bits per heavy atom. The molecule has 162 valence electrons. The van der Waals surface area contributed by atoms with Crippen molar-refractivity contribution in [3.63, 3.8) is 0 Å². The van der Waals surface area contributed by atoms with E-state index in [0.717, 1.165) is 10.5 Å². The SMILES string of the molecule is CCC1(CC)NC(=O)N(CC(=O)OCC(=O)N[C@@H](C)c2ccc3c(c2)OCO3)C1=O. The first-order valence-electron chi connectivity index (χ1n) is 9.78. The van der Waals surface area contributed by atoms with Gasteiger partial charge in [0.05, 0.1) is 6.04 Å². The third-order valence-corrected chi connectivity index (χ3v) is 5.38. The summed E-state index contributed by atoms with van der Waals surface area (Å²) in [7, 11) is 0. The smallest absolute Gasteiger partial charge is 0.326 e. The van der Waals surface area contributed by atoms with Gasteiger partial charge in [-0.15, -0.1) is 0 Å². The summed E-state index contributed by atoms with van der Waals surface area (Å²) < 4.78 is 15.5. The summed E-state index contributed by atoms with van der Waals surface area (Å²) in [5.74, 6) is -0.574. The molecule has 2 N–H and O–H groups in total. The van der Waals surface area contributed by atoms with Crippen molar-refractivity contribution in [1.29, 1.82) is 0 Å². The molecule has 0 aromatic heterocycles. The van der Waals surface area contributed by atoms with Crippen LogP contribution in [0.5, 0.6) is 11.5 Å². The quantitative estimate of drug-likeness (QED) is 0.480. The average molecular weight is 419 g/mol. The summed E-state index contributed by atoms with van der Waals surface area (Å²) in [5, 5.41) is 5.34. The molecular weight excluding hydrogens is 394 g/mol. The number of hydrogen-bond acceptors (Lipinski definition) is 7. The van der Waals surface area contributed by atoms with Gasteiger partial charge >= 0.3 is 12.0 Å². The van der Waals surface area contributed by atoms with Gasteiger partial charge in [0.15, 0.2) is 18.1 Å². The van der Waals surface area contributed by atoms with Crippen LogP contribution in [-0.4, -0.2) is 54.2 Å². The highest BCUT2D eigenvalue weighted by Gasteiger charge is 2.49. The van der Waals surface area contributed by atoms with E-state index in [1.807, 2.05) is 0 Å². The lowest BCUT2D eigenvalue weighted by Crippen LogP contribution is -2.46. The number of rotatable bonds is 8. The monoisotopic (exact) mass is 419 g/mol. The number of amides is 4. The summed E-state index contributed by atoms with van der Waals surface area (Å²) in [6.45, 7) is 4.44. The number of esters is 1. The van der Waals surface area contributed by atoms with E-state index in [-0.39, 0.29) is 12.8 Å². The first-order chi connectivity index (χ1) is 14.3. The maximum Gasteiger partial charge on any atom is 0.326 e. The molecular formula is C20H25N3O7. The largest absolute Gasteiger partial charge is 0.454 e. The minimum absolute atomic E-state index is 0.157. The molecule has 0 radical (unpaired) electrons. The number of ether oxygens (including phenoxy) is 3. The number of benzene rings is 1. The molecule has 1 fully saturated rings. The molecule has 30 heavy (non-hydrogen) atoms. The predicted molar refractivity (Wildman–Crippen MR) is 104 cm³/mol. The molecule has 4 amide bonds. The second kappa shape index (κ2) is 8.60. The summed E-state index contributed by atoms with van der Waals surface area (Å²) in [6.07, 6.45) is 0.833. The third-order valence-electron chi connectivity index (χ3n) is 5.38. The van der Waals surface area contributed by atoms with Crippen molar-refractivity contribution in [3.05, 3.63) is 23.8 Å². The number of carbonyl (C=O) groups excluding carboxylic acids is 4. The van der Waals surface area contributed by atoms with Gasteiger partial charge < -0.3 is 24.8 Å². The molecule has 0 bridgehead atoms. The van der Waals surface area contributed by atoms with Gasteiger partial charge in [-0.1, -0.05) is 19.9 Å². The van der Waals surface area contributed by atoms with E-state index in [2.05, 4.69) is 10.6 Å². The van der Waals surface area contributed by atoms with Crippen LogP contribution in [0, 0.1) is 0 Å². The van der Waals surface area contributed by atoms with Crippen molar-refractivity contribution in [2.45, 2.75) is 45.2 Å². The molecule has 0 saturated carbocycles. The maximum absolute atomic E-state index is 12.5. The van der Waals surface area contributed by atoms with E-state index in [0.29, 0.717) is 24.3 Å². The molecule has 2 aliphatic heterocycles. The normalized spacial score (nSPS) is 17.5. The van der Waals surface area contributed by atoms with E-state index in [1.165, 1.54) is 0 Å². The fourth-order valence-electron chi connectivity index (χ4n) is 3.42. The molecule has 10 heteroatoms. The van der Waals surface area contributed by atoms with Gasteiger partial charge in [0, 0.05) is 0 Å². The maximum atomic E-state index is 12.5. The van der Waals surface area contributed by atoms with Crippen LogP contribution in [-0.2, 0) is 19.1 Å². The van der Waals surface area contributed by atoms with Crippen LogP contribution in [0.3, 0.4) is 0 Å². The zero-order valence-corrected chi connectivity index (χ0v) is 17.1. The lowest BCUT2D eigenvalue weighted by atomic mass is 9.93. The molecule has 0 aliphatic carbocycles. The Hall–Kier alpha value is -3.30. The van der Waals surface area contributed by atoms with E-state index in [4.69, 9.17) is 14.2 Å². The Labute approximate surface area is 173 Å². The highest BCUT2D eigenvalue weighted by atomic mass is 16.7. The van der Waals surface area contributed by atoms with E-state index in [9.17, 15) is 19.2 Å². The first-order valence-corrected chi connectivity index (χ1v) is 9.78. The molecule has 10 nitrogen and oxygen atoms in total. The van der Waals surface area contributed by atoms with Gasteiger partial charge in [-0.25, -0.2) is 4.79 Å². The van der Waals surface area contributed by atoms with Crippen LogP contribution < -0.4 is 20.1 Å². The Morgan fingerprint density at radius 2 is 1.93 bits per heavy atom. The molecule has 1 saturated heterocycles. The van der Waals surface area contributed by atoms with Gasteiger partial charge in [0.25, 0.3) is 11.8 Å². The molecule has 2 heterocycles. The van der Waals surface area contributed by atoms with Crippen molar-refractivity contribution >= 4 is 23.8 Å². The number of urea groups is 1. The van der Waals surface area contributed by atoms with Crippen LogP contribution in [0.25, 0.3) is 0 Å². The summed E-state index contributed by atoms with van der Waals surface area (Å²) in [5.41, 5.74) is -0.192. The Morgan fingerprint density at radius 1 is 1.23 bits per heavy atom. The van der Waals surface area contributed by atoms with E-state index >= 15 is 0 Å². The number of fused-ring (bicyclic) bond motifs is 1. The highest BCUT2D eigenvalue weighted by Crippen LogP contribution is 2.34. The molecule has 0 spiro atoms. The van der Waals surface area contributed by atoms with Crippen molar-refractivity contribution < 1.29 is 33.4 Å². The summed E-state index contributed by atoms with van der Waals surface area (Å²) in [4.78, 5) is 49.6. The van der Waals surface area contributed by atoms with E-state index in [1.54, 1.807) is 39.0 Å². The van der Waals surface area contributed by atoms with Crippen LogP contribution in [0.15, 0.2) is 18.2 Å². The van der Waals surface area contributed by atoms with Crippen LogP contribution in [0.1, 0.15) is 45.2 Å². The minimum atomic E-state index is -0.991.